The number of piperidine rings is 1. The molecule has 27 heavy (non-hydrogen) atoms. The summed E-state index contributed by atoms with van der Waals surface area (Å²) in [5.41, 5.74) is 1.64. The topological polar surface area (TPSA) is 70.5 Å². The monoisotopic (exact) mass is 381 g/mol. The standard InChI is InChI=1S/C20H23N5OS/c1-11-23-24-19(27-11)21-18(26)20(2)14-10-16-12(7-5-9-25(16)3)13-6-4-8-15(22-20)17(13)14/h4,6,8,12,16H,5,7,9-10H2,1-3H3,(H,21,24,26)/t12?,16-,20?/m1/s1. The highest BCUT2D eigenvalue weighted by atomic mass is 32.1. The second-order valence-electron chi connectivity index (χ2n) is 7.99. The van der Waals surface area contributed by atoms with Crippen LogP contribution in [0.1, 0.15) is 42.7 Å². The van der Waals surface area contributed by atoms with Crippen LogP contribution in [0.15, 0.2) is 23.2 Å². The lowest BCUT2D eigenvalue weighted by molar-refractivity contribution is -0.118. The van der Waals surface area contributed by atoms with Gasteiger partial charge in [-0.15, -0.1) is 10.2 Å². The number of benzene rings is 1. The van der Waals surface area contributed by atoms with Gasteiger partial charge in [0.25, 0.3) is 5.91 Å². The molecular formula is C20H23N5OS. The summed E-state index contributed by atoms with van der Waals surface area (Å²) in [6.45, 7) is 4.94. The van der Waals surface area contributed by atoms with Crippen LogP contribution in [0.4, 0.5) is 5.13 Å². The molecule has 7 heteroatoms. The molecule has 0 bridgehead atoms. The first-order chi connectivity index (χ1) is 13.0. The van der Waals surface area contributed by atoms with Crippen molar-refractivity contribution in [2.24, 2.45) is 4.99 Å². The molecular weight excluding hydrogens is 358 g/mol. The number of aryl methyl sites for hydroxylation is 1. The molecule has 3 atom stereocenters. The minimum atomic E-state index is -0.888. The predicted molar refractivity (Wildman–Crippen MR) is 105 cm³/mol. The Morgan fingerprint density at radius 1 is 1.37 bits per heavy atom. The van der Waals surface area contributed by atoms with Crippen molar-refractivity contribution >= 4 is 27.9 Å². The number of likely N-dealkylation sites (tertiary alicyclic amines) is 1. The molecule has 2 unspecified atom stereocenters. The normalized spacial score (nSPS) is 29.1. The zero-order valence-corrected chi connectivity index (χ0v) is 16.6. The van der Waals surface area contributed by atoms with Gasteiger partial charge >= 0.3 is 0 Å². The molecule has 1 aliphatic carbocycles. The number of hydrogen-bond acceptors (Lipinski definition) is 6. The van der Waals surface area contributed by atoms with E-state index in [1.165, 1.54) is 35.0 Å². The van der Waals surface area contributed by atoms with Crippen LogP contribution in [0, 0.1) is 6.92 Å². The quantitative estimate of drug-likeness (QED) is 0.858. The van der Waals surface area contributed by atoms with Crippen LogP contribution in [-0.2, 0) is 4.79 Å². The van der Waals surface area contributed by atoms with Crippen LogP contribution in [0.3, 0.4) is 0 Å². The van der Waals surface area contributed by atoms with E-state index in [-0.39, 0.29) is 5.91 Å². The van der Waals surface area contributed by atoms with E-state index in [1.807, 2.05) is 19.9 Å². The van der Waals surface area contributed by atoms with Gasteiger partial charge in [-0.05, 0) is 63.9 Å². The fourth-order valence-corrected chi connectivity index (χ4v) is 5.58. The van der Waals surface area contributed by atoms with Gasteiger partial charge in [-0.2, -0.15) is 0 Å². The molecule has 6 nitrogen and oxygen atoms in total. The number of likely N-dealkylation sites (N-methyl/N-ethyl adjacent to an activating group) is 1. The summed E-state index contributed by atoms with van der Waals surface area (Å²) >= 11 is 1.39. The molecule has 0 spiro atoms. The minimum Gasteiger partial charge on any atom is -0.302 e. The molecule has 2 aliphatic heterocycles. The van der Waals surface area contributed by atoms with Gasteiger partial charge in [-0.3, -0.25) is 15.1 Å². The molecule has 0 radical (unpaired) electrons. The smallest absolute Gasteiger partial charge is 0.258 e. The molecule has 1 fully saturated rings. The molecule has 1 amide bonds. The van der Waals surface area contributed by atoms with E-state index in [9.17, 15) is 4.79 Å². The van der Waals surface area contributed by atoms with Crippen LogP contribution in [0.2, 0.25) is 0 Å². The molecule has 3 aliphatic rings. The molecule has 1 N–H and O–H groups in total. The number of anilines is 1. The van der Waals surface area contributed by atoms with E-state index >= 15 is 0 Å². The van der Waals surface area contributed by atoms with E-state index in [4.69, 9.17) is 4.99 Å². The Balaban J connectivity index is 1.61. The van der Waals surface area contributed by atoms with Crippen molar-refractivity contribution in [1.82, 2.24) is 15.1 Å². The van der Waals surface area contributed by atoms with Gasteiger partial charge in [-0.25, -0.2) is 0 Å². The molecule has 140 valence electrons. The van der Waals surface area contributed by atoms with Gasteiger partial charge in [0, 0.05) is 17.2 Å². The first-order valence-electron chi connectivity index (χ1n) is 9.51. The Morgan fingerprint density at radius 3 is 3.00 bits per heavy atom. The zero-order valence-electron chi connectivity index (χ0n) is 15.8. The summed E-state index contributed by atoms with van der Waals surface area (Å²) in [4.78, 5) is 20.6. The van der Waals surface area contributed by atoms with Crippen LogP contribution in [-0.4, -0.2) is 46.2 Å². The molecule has 5 rings (SSSR count). The van der Waals surface area contributed by atoms with Gasteiger partial charge < -0.3 is 4.90 Å². The summed E-state index contributed by atoms with van der Waals surface area (Å²) in [6.07, 6.45) is 3.33. The predicted octanol–water partition coefficient (Wildman–Crippen LogP) is 1.61. The summed E-state index contributed by atoms with van der Waals surface area (Å²) in [5.74, 6) is 0.418. The number of carbonyl (C=O) groups excluding carboxylic acids is 1. The molecule has 2 aromatic rings. The van der Waals surface area contributed by atoms with Crippen molar-refractivity contribution in [2.45, 2.75) is 50.6 Å². The highest BCUT2D eigenvalue weighted by Gasteiger charge is 2.46. The lowest BCUT2D eigenvalue weighted by Crippen LogP contribution is -2.50. The summed E-state index contributed by atoms with van der Waals surface area (Å²) in [6, 6.07) is 6.81. The van der Waals surface area contributed by atoms with Gasteiger partial charge in [0.05, 0.1) is 5.36 Å². The number of fused-ring (bicyclic) bond motifs is 2. The molecule has 1 saturated heterocycles. The lowest BCUT2D eigenvalue weighted by Gasteiger charge is -2.43. The van der Waals surface area contributed by atoms with Gasteiger partial charge in [0.2, 0.25) is 5.13 Å². The third kappa shape index (κ3) is 2.48. The third-order valence-electron chi connectivity index (χ3n) is 6.37. The first-order valence-corrected chi connectivity index (χ1v) is 10.3. The van der Waals surface area contributed by atoms with E-state index < -0.39 is 5.54 Å². The summed E-state index contributed by atoms with van der Waals surface area (Å²) in [5, 5.41) is 14.5. The number of carbonyl (C=O) groups is 1. The fourth-order valence-electron chi connectivity index (χ4n) is 4.99. The number of hydrogen-bond donors (Lipinski definition) is 1. The van der Waals surface area contributed by atoms with Crippen molar-refractivity contribution in [3.63, 3.8) is 0 Å². The Morgan fingerprint density at radius 2 is 2.22 bits per heavy atom. The molecule has 3 heterocycles. The summed E-state index contributed by atoms with van der Waals surface area (Å²) in [7, 11) is 2.21. The highest BCUT2D eigenvalue weighted by Crippen LogP contribution is 2.41. The lowest BCUT2D eigenvalue weighted by atomic mass is 9.72. The van der Waals surface area contributed by atoms with E-state index in [1.54, 1.807) is 0 Å². The number of amides is 1. The number of rotatable bonds is 2. The number of nitrogens with one attached hydrogen (secondary N) is 1. The molecule has 1 aromatic carbocycles. The Kier molecular flexibility index (Phi) is 3.74. The Labute approximate surface area is 162 Å². The van der Waals surface area contributed by atoms with Crippen molar-refractivity contribution < 1.29 is 4.79 Å². The third-order valence-corrected chi connectivity index (χ3v) is 7.12. The fraction of sp³-hybridized carbons (Fsp3) is 0.500. The number of nitrogens with zero attached hydrogens (tertiary/aromatic N) is 4. The van der Waals surface area contributed by atoms with Crippen molar-refractivity contribution in [3.05, 3.63) is 39.3 Å². The zero-order chi connectivity index (χ0) is 18.8. The van der Waals surface area contributed by atoms with Gasteiger partial charge in [0.15, 0.2) is 5.54 Å². The Bertz CT molecular complexity index is 1060. The maximum atomic E-state index is 13.3. The number of aromatic nitrogens is 2. The van der Waals surface area contributed by atoms with Crippen molar-refractivity contribution in [2.75, 3.05) is 18.9 Å². The van der Waals surface area contributed by atoms with Crippen LogP contribution in [0.5, 0.6) is 0 Å². The van der Waals surface area contributed by atoms with E-state index in [0.29, 0.717) is 17.1 Å². The first kappa shape index (κ1) is 17.0. The largest absolute Gasteiger partial charge is 0.302 e. The molecule has 1 aromatic heterocycles. The van der Waals surface area contributed by atoms with Crippen LogP contribution in [0.25, 0.3) is 5.57 Å². The second kappa shape index (κ2) is 5.94. The average molecular weight is 382 g/mol. The van der Waals surface area contributed by atoms with Gasteiger partial charge in [0.1, 0.15) is 5.01 Å². The average Bonchev–Trinajstić information content (AvgIpc) is 3.19. The maximum Gasteiger partial charge on any atom is 0.258 e. The van der Waals surface area contributed by atoms with Gasteiger partial charge in [-0.1, -0.05) is 23.5 Å². The minimum absolute atomic E-state index is 0.118. The molecule has 0 saturated carbocycles. The summed E-state index contributed by atoms with van der Waals surface area (Å²) < 4.78 is 0. The van der Waals surface area contributed by atoms with Crippen LogP contribution < -0.4 is 15.9 Å². The van der Waals surface area contributed by atoms with Crippen molar-refractivity contribution in [3.8, 4) is 0 Å². The Hall–Kier alpha value is -2.12. The maximum absolute atomic E-state index is 13.3. The van der Waals surface area contributed by atoms with Crippen molar-refractivity contribution in [1.29, 1.82) is 0 Å². The second-order valence-corrected chi connectivity index (χ2v) is 9.17. The SMILES string of the molecule is Cc1nnc(NC(=O)C2(C)N=c3cccc4c3=C2C[C@@H]2C4CCCN2C)s1. The van der Waals surface area contributed by atoms with E-state index in [2.05, 4.69) is 39.6 Å². The van der Waals surface area contributed by atoms with E-state index in [0.717, 1.165) is 28.9 Å². The highest BCUT2D eigenvalue weighted by molar-refractivity contribution is 7.15. The van der Waals surface area contributed by atoms with Crippen LogP contribution >= 0.6 is 11.3 Å².